The summed E-state index contributed by atoms with van der Waals surface area (Å²) < 4.78 is 2.08. The van der Waals surface area contributed by atoms with Gasteiger partial charge in [0, 0.05) is 24.8 Å². The molecule has 7 nitrogen and oxygen atoms in total. The minimum atomic E-state index is -0.912. The highest BCUT2D eigenvalue weighted by molar-refractivity contribution is 6.10. The summed E-state index contributed by atoms with van der Waals surface area (Å²) in [6, 6.07) is 14.1. The van der Waals surface area contributed by atoms with Gasteiger partial charge < -0.3 is 20.5 Å². The summed E-state index contributed by atoms with van der Waals surface area (Å²) in [5.74, 6) is -1.06. The first-order valence-corrected chi connectivity index (χ1v) is 9.54. The first-order valence-electron chi connectivity index (χ1n) is 9.54. The highest BCUT2D eigenvalue weighted by atomic mass is 16.2. The topological polar surface area (TPSA) is 92.2 Å². The van der Waals surface area contributed by atoms with Crippen molar-refractivity contribution >= 4 is 34.3 Å². The minimum absolute atomic E-state index is 0.114. The summed E-state index contributed by atoms with van der Waals surface area (Å²) in [6.45, 7) is 3.10. The molecule has 29 heavy (non-hydrogen) atoms. The van der Waals surface area contributed by atoms with E-state index in [9.17, 15) is 14.4 Å². The number of carbonyl (C=O) groups excluding carboxylic acids is 3. The average molecular weight is 390 g/mol. The molecule has 0 unspecified atom stereocenters. The van der Waals surface area contributed by atoms with Gasteiger partial charge in [-0.2, -0.15) is 0 Å². The van der Waals surface area contributed by atoms with Crippen LogP contribution in [0.1, 0.15) is 22.3 Å². The molecule has 3 N–H and O–H groups in total. The second kappa shape index (κ2) is 7.79. The molecule has 0 aliphatic carbocycles. The normalized spacial score (nSPS) is 16.0. The van der Waals surface area contributed by atoms with Gasteiger partial charge in [0.25, 0.3) is 5.91 Å². The van der Waals surface area contributed by atoms with Gasteiger partial charge in [0.15, 0.2) is 0 Å². The molecule has 4 rings (SSSR count). The van der Waals surface area contributed by atoms with Crippen LogP contribution in [0.25, 0.3) is 10.9 Å². The zero-order valence-corrected chi connectivity index (χ0v) is 16.1. The van der Waals surface area contributed by atoms with Crippen LogP contribution in [-0.4, -0.2) is 34.9 Å². The lowest BCUT2D eigenvalue weighted by atomic mass is 10.1. The van der Waals surface area contributed by atoms with Crippen molar-refractivity contribution in [3.63, 3.8) is 0 Å². The number of carbonyl (C=O) groups is 3. The molecule has 1 aliphatic rings. The number of nitrogens with one attached hydrogen (secondary N) is 3. The van der Waals surface area contributed by atoms with Crippen LogP contribution in [0.5, 0.6) is 0 Å². The van der Waals surface area contributed by atoms with Crippen molar-refractivity contribution in [1.82, 2.24) is 15.2 Å². The lowest BCUT2D eigenvalue weighted by Crippen LogP contribution is -2.44. The number of nitrogens with zero attached hydrogens (tertiary/aromatic N) is 1. The van der Waals surface area contributed by atoms with Crippen LogP contribution < -0.4 is 16.0 Å². The highest BCUT2D eigenvalue weighted by Gasteiger charge is 2.29. The average Bonchev–Trinajstić information content (AvgIpc) is 3.04. The number of para-hydroxylation sites is 1. The standard InChI is InChI=1S/C22H22N4O3/c1-14-6-7-19-15(12-14)8-10-26(19)11-9-23-20(27)13-18-22(29)24-17-5-3-2-4-16(17)21(28)25-18/h2-8,10,12,18H,9,11,13H2,1H3,(H,23,27)(H,24,29)(H,25,28)/t18-/m0/s1. The van der Waals surface area contributed by atoms with Gasteiger partial charge in [-0.15, -0.1) is 0 Å². The second-order valence-electron chi connectivity index (χ2n) is 7.19. The molecule has 2 aromatic carbocycles. The van der Waals surface area contributed by atoms with E-state index in [2.05, 4.69) is 45.6 Å². The maximum Gasteiger partial charge on any atom is 0.254 e. The third-order valence-corrected chi connectivity index (χ3v) is 5.04. The van der Waals surface area contributed by atoms with Crippen molar-refractivity contribution in [2.24, 2.45) is 0 Å². The fraction of sp³-hybridized carbons (Fsp3) is 0.227. The van der Waals surface area contributed by atoms with Crippen molar-refractivity contribution in [3.8, 4) is 0 Å². The molecule has 1 aliphatic heterocycles. The summed E-state index contributed by atoms with van der Waals surface area (Å²) in [5, 5.41) is 9.33. The minimum Gasteiger partial charge on any atom is -0.354 e. The van der Waals surface area contributed by atoms with Crippen molar-refractivity contribution in [2.45, 2.75) is 25.9 Å². The number of aromatic nitrogens is 1. The van der Waals surface area contributed by atoms with Crippen LogP contribution in [0.2, 0.25) is 0 Å². The predicted octanol–water partition coefficient (Wildman–Crippen LogP) is 2.21. The van der Waals surface area contributed by atoms with Crippen LogP contribution in [0.4, 0.5) is 5.69 Å². The van der Waals surface area contributed by atoms with E-state index in [0.29, 0.717) is 24.3 Å². The number of hydrogen-bond donors (Lipinski definition) is 3. The van der Waals surface area contributed by atoms with Crippen molar-refractivity contribution in [3.05, 3.63) is 65.9 Å². The molecule has 0 fully saturated rings. The molecule has 0 bridgehead atoms. The Kier molecular flexibility index (Phi) is 5.03. The summed E-state index contributed by atoms with van der Waals surface area (Å²) >= 11 is 0. The van der Waals surface area contributed by atoms with Crippen LogP contribution in [0.15, 0.2) is 54.7 Å². The second-order valence-corrected chi connectivity index (χ2v) is 7.19. The fourth-order valence-electron chi connectivity index (χ4n) is 3.54. The van der Waals surface area contributed by atoms with Crippen LogP contribution >= 0.6 is 0 Å². The van der Waals surface area contributed by atoms with Gasteiger partial charge in [-0.25, -0.2) is 0 Å². The lowest BCUT2D eigenvalue weighted by molar-refractivity contribution is -0.125. The Labute approximate surface area is 168 Å². The van der Waals surface area contributed by atoms with E-state index in [1.54, 1.807) is 24.3 Å². The number of benzene rings is 2. The monoisotopic (exact) mass is 390 g/mol. The van der Waals surface area contributed by atoms with Crippen molar-refractivity contribution in [1.29, 1.82) is 0 Å². The Balaban J connectivity index is 1.34. The lowest BCUT2D eigenvalue weighted by Gasteiger charge is -2.14. The molecule has 0 radical (unpaired) electrons. The molecule has 2 heterocycles. The summed E-state index contributed by atoms with van der Waals surface area (Å²) in [5.41, 5.74) is 3.15. The molecule has 3 amide bonds. The molecular formula is C22H22N4O3. The van der Waals surface area contributed by atoms with Crippen LogP contribution in [-0.2, 0) is 16.1 Å². The van der Waals surface area contributed by atoms with Gasteiger partial charge in [0.2, 0.25) is 11.8 Å². The number of hydrogen-bond acceptors (Lipinski definition) is 3. The quantitative estimate of drug-likeness (QED) is 0.624. The van der Waals surface area contributed by atoms with Gasteiger partial charge in [0.1, 0.15) is 6.04 Å². The van der Waals surface area contributed by atoms with E-state index < -0.39 is 11.9 Å². The number of rotatable bonds is 5. The van der Waals surface area contributed by atoms with E-state index in [4.69, 9.17) is 0 Å². The van der Waals surface area contributed by atoms with E-state index in [1.165, 1.54) is 5.56 Å². The molecule has 7 heteroatoms. The summed E-state index contributed by atoms with van der Waals surface area (Å²) in [4.78, 5) is 37.0. The Hall–Kier alpha value is -3.61. The van der Waals surface area contributed by atoms with Crippen LogP contribution in [0, 0.1) is 6.92 Å². The third-order valence-electron chi connectivity index (χ3n) is 5.04. The van der Waals surface area contributed by atoms with E-state index in [1.807, 2.05) is 12.3 Å². The highest BCUT2D eigenvalue weighted by Crippen LogP contribution is 2.19. The summed E-state index contributed by atoms with van der Waals surface area (Å²) in [6.07, 6.45) is 1.88. The molecular weight excluding hydrogens is 368 g/mol. The van der Waals surface area contributed by atoms with Crippen molar-refractivity contribution in [2.75, 3.05) is 11.9 Å². The Bertz CT molecular complexity index is 1100. The Morgan fingerprint density at radius 3 is 2.83 bits per heavy atom. The molecule has 3 aromatic rings. The SMILES string of the molecule is Cc1ccc2c(ccn2CCNC(=O)C[C@@H]2NC(=O)c3ccccc3NC2=O)c1. The van der Waals surface area contributed by atoms with Crippen LogP contribution in [0.3, 0.4) is 0 Å². The van der Waals surface area contributed by atoms with E-state index >= 15 is 0 Å². The Morgan fingerprint density at radius 1 is 1.14 bits per heavy atom. The summed E-state index contributed by atoms with van der Waals surface area (Å²) in [7, 11) is 0. The van der Waals surface area contributed by atoms with E-state index in [0.717, 1.165) is 10.9 Å². The maximum atomic E-state index is 12.4. The van der Waals surface area contributed by atoms with Gasteiger partial charge >= 0.3 is 0 Å². The molecule has 1 atom stereocenters. The van der Waals surface area contributed by atoms with Gasteiger partial charge in [-0.3, -0.25) is 14.4 Å². The number of fused-ring (bicyclic) bond motifs is 2. The van der Waals surface area contributed by atoms with E-state index in [-0.39, 0.29) is 18.2 Å². The zero-order chi connectivity index (χ0) is 20.4. The molecule has 148 valence electrons. The van der Waals surface area contributed by atoms with Gasteiger partial charge in [0.05, 0.1) is 17.7 Å². The fourth-order valence-corrected chi connectivity index (χ4v) is 3.54. The third kappa shape index (κ3) is 3.99. The molecule has 0 saturated heterocycles. The Morgan fingerprint density at radius 2 is 1.97 bits per heavy atom. The maximum absolute atomic E-state index is 12.4. The number of amides is 3. The smallest absolute Gasteiger partial charge is 0.254 e. The van der Waals surface area contributed by atoms with Gasteiger partial charge in [-0.05, 0) is 42.6 Å². The number of anilines is 1. The predicted molar refractivity (Wildman–Crippen MR) is 111 cm³/mol. The molecule has 1 aromatic heterocycles. The molecule has 0 spiro atoms. The van der Waals surface area contributed by atoms with Crippen molar-refractivity contribution < 1.29 is 14.4 Å². The zero-order valence-electron chi connectivity index (χ0n) is 16.1. The first kappa shape index (κ1) is 18.7. The first-order chi connectivity index (χ1) is 14.0. The van der Waals surface area contributed by atoms with Gasteiger partial charge in [-0.1, -0.05) is 23.8 Å². The molecule has 0 saturated carbocycles. The number of aryl methyl sites for hydroxylation is 1. The largest absolute Gasteiger partial charge is 0.354 e.